The van der Waals surface area contributed by atoms with Gasteiger partial charge in [0.2, 0.25) is 0 Å². The van der Waals surface area contributed by atoms with E-state index < -0.39 is 12.2 Å². The molecule has 0 aromatic carbocycles. The Balaban J connectivity index is 1.72. The Morgan fingerprint density at radius 1 is 1.18 bits per heavy atom. The molecule has 0 spiro atoms. The predicted octanol–water partition coefficient (Wildman–Crippen LogP) is 2.85. The Kier molecular flexibility index (Phi) is 3.16. The van der Waals surface area contributed by atoms with Crippen molar-refractivity contribution in [2.45, 2.75) is 71.0 Å². The summed E-state index contributed by atoms with van der Waals surface area (Å²) in [5.74, 6) is 1.96. The van der Waals surface area contributed by atoms with Crippen LogP contribution in [-0.2, 0) is 4.79 Å². The molecule has 3 nitrogen and oxygen atoms in total. The summed E-state index contributed by atoms with van der Waals surface area (Å²) in [4.78, 5) is 12.4. The van der Waals surface area contributed by atoms with Gasteiger partial charge in [-0.3, -0.25) is 4.79 Å². The number of allylic oxidation sites excluding steroid dienone is 1. The average molecular weight is 304 g/mol. The Hall–Kier alpha value is -0.670. The van der Waals surface area contributed by atoms with Crippen LogP contribution in [-0.4, -0.2) is 28.2 Å². The molecule has 0 aromatic rings. The summed E-state index contributed by atoms with van der Waals surface area (Å²) in [5, 5.41) is 20.8. The molecular formula is C19H28O3. The third-order valence-electron chi connectivity index (χ3n) is 7.89. The first-order valence-corrected chi connectivity index (χ1v) is 8.96. The summed E-state index contributed by atoms with van der Waals surface area (Å²) in [7, 11) is 0. The van der Waals surface area contributed by atoms with Crippen LogP contribution in [0.2, 0.25) is 0 Å². The van der Waals surface area contributed by atoms with Crippen LogP contribution >= 0.6 is 0 Å². The zero-order chi connectivity index (χ0) is 15.7. The van der Waals surface area contributed by atoms with Gasteiger partial charge in [0.1, 0.15) is 5.78 Å². The lowest BCUT2D eigenvalue weighted by Crippen LogP contribution is -2.55. The Morgan fingerprint density at radius 2 is 1.95 bits per heavy atom. The van der Waals surface area contributed by atoms with Crippen molar-refractivity contribution in [1.29, 1.82) is 0 Å². The van der Waals surface area contributed by atoms with E-state index in [0.717, 1.165) is 38.5 Å². The van der Waals surface area contributed by atoms with Crippen molar-refractivity contribution in [2.75, 3.05) is 0 Å². The maximum atomic E-state index is 12.4. The minimum atomic E-state index is -0.447. The van der Waals surface area contributed by atoms with E-state index >= 15 is 0 Å². The minimum absolute atomic E-state index is 0.109. The molecule has 0 aliphatic heterocycles. The summed E-state index contributed by atoms with van der Waals surface area (Å²) < 4.78 is 0. The van der Waals surface area contributed by atoms with Gasteiger partial charge in [0, 0.05) is 23.7 Å². The summed E-state index contributed by atoms with van der Waals surface area (Å²) >= 11 is 0. The van der Waals surface area contributed by atoms with Gasteiger partial charge in [-0.1, -0.05) is 25.5 Å². The maximum absolute atomic E-state index is 12.4. The Morgan fingerprint density at radius 3 is 2.73 bits per heavy atom. The summed E-state index contributed by atoms with van der Waals surface area (Å²) in [6.45, 7) is 4.40. The van der Waals surface area contributed by atoms with Gasteiger partial charge in [-0.2, -0.15) is 0 Å². The molecule has 4 rings (SSSR count). The summed E-state index contributed by atoms with van der Waals surface area (Å²) in [5.41, 5.74) is 0.977. The molecule has 22 heavy (non-hydrogen) atoms. The highest BCUT2D eigenvalue weighted by Gasteiger charge is 2.60. The quantitative estimate of drug-likeness (QED) is 0.677. The Labute approximate surface area is 132 Å². The van der Waals surface area contributed by atoms with Gasteiger partial charge in [-0.15, -0.1) is 0 Å². The molecule has 0 radical (unpaired) electrons. The minimum Gasteiger partial charge on any atom is -0.393 e. The molecule has 0 amide bonds. The largest absolute Gasteiger partial charge is 0.393 e. The molecule has 122 valence electrons. The molecule has 4 aliphatic carbocycles. The van der Waals surface area contributed by atoms with Gasteiger partial charge in [0.25, 0.3) is 0 Å². The van der Waals surface area contributed by atoms with Gasteiger partial charge in [0.15, 0.2) is 0 Å². The number of rotatable bonds is 0. The molecule has 3 fully saturated rings. The second-order valence-electron chi connectivity index (χ2n) is 8.65. The zero-order valence-electron chi connectivity index (χ0n) is 13.7. The second kappa shape index (κ2) is 4.67. The van der Waals surface area contributed by atoms with Crippen LogP contribution in [0.5, 0.6) is 0 Å². The van der Waals surface area contributed by atoms with Crippen molar-refractivity contribution in [3.63, 3.8) is 0 Å². The molecule has 4 aliphatic rings. The van der Waals surface area contributed by atoms with Gasteiger partial charge < -0.3 is 10.2 Å². The molecule has 2 unspecified atom stereocenters. The third kappa shape index (κ3) is 1.73. The van der Waals surface area contributed by atoms with E-state index in [2.05, 4.69) is 19.9 Å². The van der Waals surface area contributed by atoms with Crippen LogP contribution < -0.4 is 0 Å². The number of hydrogen-bond acceptors (Lipinski definition) is 3. The van der Waals surface area contributed by atoms with Crippen LogP contribution in [0.15, 0.2) is 11.6 Å². The highest BCUT2D eigenvalue weighted by molar-refractivity contribution is 5.87. The number of aliphatic hydroxyl groups excluding tert-OH is 2. The van der Waals surface area contributed by atoms with E-state index in [1.165, 1.54) is 5.57 Å². The number of Topliss-reactive ketones (excluding diaryl/α,β-unsaturated/α-hetero) is 1. The average Bonchev–Trinajstić information content (AvgIpc) is 2.77. The van der Waals surface area contributed by atoms with Crippen LogP contribution in [0.25, 0.3) is 0 Å². The van der Waals surface area contributed by atoms with Gasteiger partial charge in [-0.25, -0.2) is 0 Å². The lowest BCUT2D eigenvalue weighted by Gasteiger charge is -2.58. The standard InChI is InChI=1S/C19H28O3/c1-18-8-7-15-13(14(18)5-6-16(18)21)4-3-11-9-12(20)10-17(22)19(11,15)2/h3,12-15,17,20,22H,4-10H2,1-2H3/t12?,13-,14-,15+,17?,18-,19-/m0/s1. The van der Waals surface area contributed by atoms with Crippen LogP contribution in [0.3, 0.4) is 0 Å². The summed E-state index contributed by atoms with van der Waals surface area (Å²) in [6, 6.07) is 0. The smallest absolute Gasteiger partial charge is 0.139 e. The SMILES string of the molecule is C[C@]12CC[C@@H]3[C@@H](CC=C4CC(O)CC(O)[C@@]43C)[C@@H]1CCC2=O. The van der Waals surface area contributed by atoms with E-state index in [1.54, 1.807) is 0 Å². The van der Waals surface area contributed by atoms with Crippen molar-refractivity contribution in [3.05, 3.63) is 11.6 Å². The number of carbonyl (C=O) groups excluding carboxylic acids is 1. The highest BCUT2D eigenvalue weighted by atomic mass is 16.3. The van der Waals surface area contributed by atoms with E-state index in [0.29, 0.717) is 30.0 Å². The fraction of sp³-hybridized carbons (Fsp3) is 0.842. The molecule has 0 aromatic heterocycles. The van der Waals surface area contributed by atoms with E-state index in [4.69, 9.17) is 0 Å². The number of carbonyl (C=O) groups is 1. The number of ketones is 1. The molecule has 0 heterocycles. The van der Waals surface area contributed by atoms with E-state index in [9.17, 15) is 15.0 Å². The second-order valence-corrected chi connectivity index (χ2v) is 8.65. The lowest BCUT2D eigenvalue weighted by molar-refractivity contribution is -0.135. The van der Waals surface area contributed by atoms with Crippen molar-refractivity contribution in [1.82, 2.24) is 0 Å². The molecule has 2 N–H and O–H groups in total. The highest BCUT2D eigenvalue weighted by Crippen LogP contribution is 2.63. The van der Waals surface area contributed by atoms with Crippen LogP contribution in [0.4, 0.5) is 0 Å². The molecule has 0 bridgehead atoms. The van der Waals surface area contributed by atoms with E-state index in [-0.39, 0.29) is 10.8 Å². The topological polar surface area (TPSA) is 57.5 Å². The van der Waals surface area contributed by atoms with Crippen LogP contribution in [0.1, 0.15) is 58.8 Å². The lowest BCUT2D eigenvalue weighted by atomic mass is 9.47. The molecule has 3 saturated carbocycles. The molecule has 3 heteroatoms. The Bertz CT molecular complexity index is 539. The normalized spacial score (nSPS) is 54.3. The van der Waals surface area contributed by atoms with Gasteiger partial charge in [0.05, 0.1) is 12.2 Å². The number of aliphatic hydroxyl groups is 2. The first-order chi connectivity index (χ1) is 10.4. The number of hydrogen-bond donors (Lipinski definition) is 2. The first kappa shape index (κ1) is 14.9. The van der Waals surface area contributed by atoms with Crippen molar-refractivity contribution >= 4 is 5.78 Å². The monoisotopic (exact) mass is 304 g/mol. The predicted molar refractivity (Wildman–Crippen MR) is 84.1 cm³/mol. The number of fused-ring (bicyclic) bond motifs is 5. The molecule has 0 saturated heterocycles. The summed E-state index contributed by atoms with van der Waals surface area (Å²) in [6.07, 6.45) is 7.51. The maximum Gasteiger partial charge on any atom is 0.139 e. The zero-order valence-corrected chi connectivity index (χ0v) is 13.7. The molecular weight excluding hydrogens is 276 g/mol. The van der Waals surface area contributed by atoms with Gasteiger partial charge >= 0.3 is 0 Å². The third-order valence-corrected chi connectivity index (χ3v) is 7.89. The van der Waals surface area contributed by atoms with Crippen molar-refractivity contribution in [3.8, 4) is 0 Å². The van der Waals surface area contributed by atoms with Crippen molar-refractivity contribution in [2.24, 2.45) is 28.6 Å². The van der Waals surface area contributed by atoms with Crippen LogP contribution in [0, 0.1) is 28.6 Å². The fourth-order valence-corrected chi connectivity index (χ4v) is 6.47. The first-order valence-electron chi connectivity index (χ1n) is 8.96. The molecule has 7 atom stereocenters. The van der Waals surface area contributed by atoms with E-state index in [1.807, 2.05) is 0 Å². The van der Waals surface area contributed by atoms with Gasteiger partial charge in [-0.05, 0) is 49.9 Å². The van der Waals surface area contributed by atoms with Crippen molar-refractivity contribution < 1.29 is 15.0 Å². The fourth-order valence-electron chi connectivity index (χ4n) is 6.47.